The molecule has 0 amide bonds. The number of rotatable bonds is 5. The first kappa shape index (κ1) is 16.5. The fourth-order valence-corrected chi connectivity index (χ4v) is 2.46. The average Bonchev–Trinajstić information content (AvgIpc) is 2.81. The van der Waals surface area contributed by atoms with Gasteiger partial charge in [-0.25, -0.2) is 4.79 Å². The highest BCUT2D eigenvalue weighted by Crippen LogP contribution is 2.40. The Labute approximate surface area is 133 Å². The van der Waals surface area contributed by atoms with Gasteiger partial charge in [-0.1, -0.05) is 0 Å². The number of aryl methyl sites for hydroxylation is 2. The van der Waals surface area contributed by atoms with E-state index in [4.69, 9.17) is 13.9 Å². The number of benzene rings is 1. The third-order valence-electron chi connectivity index (χ3n) is 3.40. The van der Waals surface area contributed by atoms with Crippen molar-refractivity contribution < 1.29 is 23.6 Å². The van der Waals surface area contributed by atoms with E-state index < -0.39 is 10.9 Å². The predicted octanol–water partition coefficient (Wildman–Crippen LogP) is 3.66. The molecule has 0 aliphatic rings. The second kappa shape index (κ2) is 6.51. The van der Waals surface area contributed by atoms with Crippen molar-refractivity contribution in [3.63, 3.8) is 0 Å². The maximum absolute atomic E-state index is 12.2. The van der Waals surface area contributed by atoms with E-state index in [0.717, 1.165) is 0 Å². The number of esters is 1. The SMILES string of the molecule is CCOC(=O)c1c(C)oc(C)c1-c1cc([N+](=O)[O-])ccc1OC. The molecule has 0 unspecified atom stereocenters. The molecule has 0 atom stereocenters. The summed E-state index contributed by atoms with van der Waals surface area (Å²) in [5.74, 6) is 0.726. The van der Waals surface area contributed by atoms with Gasteiger partial charge in [0.1, 0.15) is 22.8 Å². The third kappa shape index (κ3) is 3.03. The molecule has 1 aromatic heterocycles. The molecule has 0 N–H and O–H groups in total. The maximum Gasteiger partial charge on any atom is 0.342 e. The molecule has 0 radical (unpaired) electrons. The molecule has 2 rings (SSSR count). The van der Waals surface area contributed by atoms with Crippen LogP contribution in [0.25, 0.3) is 11.1 Å². The Morgan fingerprint density at radius 3 is 2.57 bits per heavy atom. The summed E-state index contributed by atoms with van der Waals surface area (Å²) in [6.07, 6.45) is 0. The highest BCUT2D eigenvalue weighted by Gasteiger charge is 2.27. The number of carbonyl (C=O) groups excluding carboxylic acids is 1. The van der Waals surface area contributed by atoms with E-state index in [0.29, 0.717) is 28.4 Å². The largest absolute Gasteiger partial charge is 0.496 e. The van der Waals surface area contributed by atoms with Crippen LogP contribution < -0.4 is 4.74 Å². The second-order valence-electron chi connectivity index (χ2n) is 4.83. The molecule has 23 heavy (non-hydrogen) atoms. The molecule has 0 saturated heterocycles. The summed E-state index contributed by atoms with van der Waals surface area (Å²) in [6, 6.07) is 4.19. The first-order chi connectivity index (χ1) is 10.9. The summed E-state index contributed by atoms with van der Waals surface area (Å²) >= 11 is 0. The minimum Gasteiger partial charge on any atom is -0.496 e. The number of nitro benzene ring substituents is 1. The molecule has 0 bridgehead atoms. The lowest BCUT2D eigenvalue weighted by Gasteiger charge is -2.10. The molecule has 0 fully saturated rings. The number of hydrogen-bond donors (Lipinski definition) is 0. The summed E-state index contributed by atoms with van der Waals surface area (Å²) < 4.78 is 15.9. The van der Waals surface area contributed by atoms with Gasteiger partial charge in [0.25, 0.3) is 5.69 Å². The average molecular weight is 319 g/mol. The molecule has 122 valence electrons. The number of furan rings is 1. The van der Waals surface area contributed by atoms with E-state index in [1.807, 2.05) is 0 Å². The lowest BCUT2D eigenvalue weighted by molar-refractivity contribution is -0.384. The van der Waals surface area contributed by atoms with E-state index in [1.165, 1.54) is 25.3 Å². The van der Waals surface area contributed by atoms with E-state index in [2.05, 4.69) is 0 Å². The van der Waals surface area contributed by atoms with Crippen molar-refractivity contribution in [1.82, 2.24) is 0 Å². The quantitative estimate of drug-likeness (QED) is 0.474. The molecule has 2 aromatic rings. The van der Waals surface area contributed by atoms with Crippen LogP contribution in [0.1, 0.15) is 28.8 Å². The summed E-state index contributed by atoms with van der Waals surface area (Å²) in [6.45, 7) is 5.25. The topological polar surface area (TPSA) is 91.8 Å². The van der Waals surface area contributed by atoms with Gasteiger partial charge in [0.05, 0.1) is 18.6 Å². The predicted molar refractivity (Wildman–Crippen MR) is 82.8 cm³/mol. The number of nitro groups is 1. The van der Waals surface area contributed by atoms with Crippen LogP contribution in [0.2, 0.25) is 0 Å². The Morgan fingerprint density at radius 1 is 1.30 bits per heavy atom. The summed E-state index contributed by atoms with van der Waals surface area (Å²) in [5, 5.41) is 11.0. The van der Waals surface area contributed by atoms with Crippen molar-refractivity contribution in [3.05, 3.63) is 45.4 Å². The van der Waals surface area contributed by atoms with Crippen LogP contribution in [0.3, 0.4) is 0 Å². The first-order valence-corrected chi connectivity index (χ1v) is 7.00. The molecule has 0 aliphatic heterocycles. The van der Waals surface area contributed by atoms with E-state index in [9.17, 15) is 14.9 Å². The summed E-state index contributed by atoms with van der Waals surface area (Å²) in [4.78, 5) is 22.8. The van der Waals surface area contributed by atoms with Gasteiger partial charge in [0, 0.05) is 23.3 Å². The number of ether oxygens (including phenoxy) is 2. The van der Waals surface area contributed by atoms with E-state index in [1.54, 1.807) is 20.8 Å². The third-order valence-corrected chi connectivity index (χ3v) is 3.40. The van der Waals surface area contributed by atoms with Gasteiger partial charge < -0.3 is 13.9 Å². The summed E-state index contributed by atoms with van der Waals surface area (Å²) in [7, 11) is 1.46. The van der Waals surface area contributed by atoms with Crippen LogP contribution in [-0.2, 0) is 4.74 Å². The molecule has 1 heterocycles. The van der Waals surface area contributed by atoms with Crippen molar-refractivity contribution in [2.24, 2.45) is 0 Å². The number of methoxy groups -OCH3 is 1. The Balaban J connectivity index is 2.73. The van der Waals surface area contributed by atoms with Crippen molar-refractivity contribution >= 4 is 11.7 Å². The van der Waals surface area contributed by atoms with Crippen molar-refractivity contribution in [2.75, 3.05) is 13.7 Å². The number of non-ortho nitro benzene ring substituents is 1. The lowest BCUT2D eigenvalue weighted by atomic mass is 9.99. The number of carbonyl (C=O) groups is 1. The zero-order chi connectivity index (χ0) is 17.1. The Hall–Kier alpha value is -2.83. The normalized spacial score (nSPS) is 10.4. The fraction of sp³-hybridized carbons (Fsp3) is 0.312. The van der Waals surface area contributed by atoms with Crippen molar-refractivity contribution in [1.29, 1.82) is 0 Å². The number of nitrogens with zero attached hydrogens (tertiary/aromatic N) is 1. The molecular formula is C16H17NO6. The Kier molecular flexibility index (Phi) is 4.68. The standard InChI is InChI=1S/C16H17NO6/c1-5-22-16(18)15-10(3)23-9(2)14(15)12-8-11(17(19)20)6-7-13(12)21-4/h6-8H,5H2,1-4H3. The number of hydrogen-bond acceptors (Lipinski definition) is 6. The van der Waals surface area contributed by atoms with E-state index >= 15 is 0 Å². The van der Waals surface area contributed by atoms with E-state index in [-0.39, 0.29) is 17.9 Å². The summed E-state index contributed by atoms with van der Waals surface area (Å²) in [5.41, 5.74) is 1.01. The fourth-order valence-electron chi connectivity index (χ4n) is 2.46. The smallest absolute Gasteiger partial charge is 0.342 e. The molecular weight excluding hydrogens is 302 g/mol. The molecule has 7 nitrogen and oxygen atoms in total. The van der Waals surface area contributed by atoms with Gasteiger partial charge in [-0.05, 0) is 26.8 Å². The maximum atomic E-state index is 12.2. The highest BCUT2D eigenvalue weighted by atomic mass is 16.6. The van der Waals surface area contributed by atoms with Gasteiger partial charge in [0.2, 0.25) is 0 Å². The van der Waals surface area contributed by atoms with Gasteiger partial charge in [-0.3, -0.25) is 10.1 Å². The van der Waals surface area contributed by atoms with Gasteiger partial charge >= 0.3 is 5.97 Å². The van der Waals surface area contributed by atoms with Crippen LogP contribution in [0.5, 0.6) is 5.75 Å². The zero-order valence-electron chi connectivity index (χ0n) is 13.3. The Bertz CT molecular complexity index is 762. The molecule has 7 heteroatoms. The monoisotopic (exact) mass is 319 g/mol. The minimum atomic E-state index is -0.537. The molecule has 0 saturated carbocycles. The molecule has 0 aliphatic carbocycles. The van der Waals surface area contributed by atoms with Crippen LogP contribution in [0.4, 0.5) is 5.69 Å². The van der Waals surface area contributed by atoms with Crippen molar-refractivity contribution in [3.8, 4) is 16.9 Å². The van der Waals surface area contributed by atoms with Crippen molar-refractivity contribution in [2.45, 2.75) is 20.8 Å². The molecule has 0 spiro atoms. The molecule has 1 aromatic carbocycles. The van der Waals surface area contributed by atoms with Crippen LogP contribution in [0.15, 0.2) is 22.6 Å². The van der Waals surface area contributed by atoms with Gasteiger partial charge in [-0.15, -0.1) is 0 Å². The lowest BCUT2D eigenvalue weighted by Crippen LogP contribution is -2.07. The first-order valence-electron chi connectivity index (χ1n) is 7.00. The second-order valence-corrected chi connectivity index (χ2v) is 4.83. The zero-order valence-corrected chi connectivity index (χ0v) is 13.3. The van der Waals surface area contributed by atoms with Crippen LogP contribution in [0, 0.1) is 24.0 Å². The van der Waals surface area contributed by atoms with Crippen LogP contribution >= 0.6 is 0 Å². The van der Waals surface area contributed by atoms with Gasteiger partial charge in [0.15, 0.2) is 0 Å². The minimum absolute atomic E-state index is 0.103. The van der Waals surface area contributed by atoms with Gasteiger partial charge in [-0.2, -0.15) is 0 Å². The highest BCUT2D eigenvalue weighted by molar-refractivity contribution is 6.00. The van der Waals surface area contributed by atoms with Crippen LogP contribution in [-0.4, -0.2) is 24.6 Å². The Morgan fingerprint density at radius 2 is 2.00 bits per heavy atom.